The number of unbranched alkanes of at least 4 members (excludes halogenated alkanes) is 1. The molecule has 3 aromatic carbocycles. The van der Waals surface area contributed by atoms with Crippen molar-refractivity contribution in [3.63, 3.8) is 0 Å². The second-order valence-electron chi connectivity index (χ2n) is 12.9. The van der Waals surface area contributed by atoms with Crippen molar-refractivity contribution < 1.29 is 52.9 Å². The smallest absolute Gasteiger partial charge is 0.407 e. The lowest BCUT2D eigenvalue weighted by atomic mass is 9.98. The molecule has 3 aromatic rings. The third-order valence-electron chi connectivity index (χ3n) is 9.36. The number of hydrogen-bond acceptors (Lipinski definition) is 10. The van der Waals surface area contributed by atoms with Crippen LogP contribution in [0, 0.1) is 0 Å². The van der Waals surface area contributed by atoms with Crippen LogP contribution in [0.3, 0.4) is 0 Å². The van der Waals surface area contributed by atoms with Gasteiger partial charge in [-0.2, -0.15) is 0 Å². The minimum Gasteiger partial charge on any atom is -0.483 e. The van der Waals surface area contributed by atoms with Gasteiger partial charge < -0.3 is 30.5 Å². The van der Waals surface area contributed by atoms with Crippen molar-refractivity contribution in [2.24, 2.45) is 0 Å². The molecular formula is C38H37N5O11. The van der Waals surface area contributed by atoms with Crippen LogP contribution in [-0.2, 0) is 28.7 Å². The molecule has 2 atom stereocenters. The number of nitrogens with one attached hydrogen (secondary N) is 4. The average Bonchev–Trinajstić information content (AvgIpc) is 3.61. The molecule has 16 nitrogen and oxygen atoms in total. The number of carbonyl (C=O) groups is 8. The number of hydrogen-bond donors (Lipinski definition) is 5. The van der Waals surface area contributed by atoms with Gasteiger partial charge in [0.15, 0.2) is 6.61 Å². The lowest BCUT2D eigenvalue weighted by Crippen LogP contribution is -2.54. The third-order valence-corrected chi connectivity index (χ3v) is 9.36. The van der Waals surface area contributed by atoms with Gasteiger partial charge in [0.2, 0.25) is 17.7 Å². The van der Waals surface area contributed by atoms with E-state index in [-0.39, 0.29) is 55.3 Å². The number of fused-ring (bicyclic) bond motifs is 4. The molecule has 6 rings (SSSR count). The van der Waals surface area contributed by atoms with Crippen LogP contribution in [0.5, 0.6) is 5.75 Å². The summed E-state index contributed by atoms with van der Waals surface area (Å²) in [5, 5.41) is 19.3. The number of carbonyl (C=O) groups excluding carboxylic acids is 7. The lowest BCUT2D eigenvalue weighted by Gasteiger charge is -2.27. The Morgan fingerprint density at radius 3 is 2.09 bits per heavy atom. The molecule has 16 heteroatoms. The SMILES string of the molecule is O=C(COc1cccc2c1C(=O)N(C1CCC(=O)NC1=O)C2=O)NCCCCNC(=O)C[C@H](NC(=O)OCC1c2ccccc2-c2ccccc21)C(=O)O. The maximum Gasteiger partial charge on any atom is 0.407 e. The Balaban J connectivity index is 0.882. The fourth-order valence-electron chi connectivity index (χ4n) is 6.74. The Hall–Kier alpha value is -6.58. The molecule has 1 unspecified atom stereocenters. The van der Waals surface area contributed by atoms with Crippen molar-refractivity contribution in [3.05, 3.63) is 89.0 Å². The predicted molar refractivity (Wildman–Crippen MR) is 188 cm³/mol. The number of ether oxygens (including phenoxy) is 2. The molecule has 2 heterocycles. The van der Waals surface area contributed by atoms with E-state index in [1.807, 2.05) is 48.5 Å². The van der Waals surface area contributed by atoms with Crippen LogP contribution in [0.2, 0.25) is 0 Å². The summed E-state index contributed by atoms with van der Waals surface area (Å²) in [6.07, 6.45) is -0.612. The third kappa shape index (κ3) is 8.06. The van der Waals surface area contributed by atoms with E-state index < -0.39 is 72.6 Å². The lowest BCUT2D eigenvalue weighted by molar-refractivity contribution is -0.141. The first-order chi connectivity index (χ1) is 26.0. The molecule has 0 spiro atoms. The molecule has 0 radical (unpaired) electrons. The van der Waals surface area contributed by atoms with Crippen molar-refractivity contribution in [3.8, 4) is 16.9 Å². The van der Waals surface area contributed by atoms with E-state index in [2.05, 4.69) is 21.3 Å². The topological polar surface area (TPSA) is 227 Å². The molecule has 3 aliphatic rings. The second kappa shape index (κ2) is 16.4. The zero-order chi connectivity index (χ0) is 38.4. The number of carboxylic acid groups (broad SMARTS) is 1. The molecule has 0 bridgehead atoms. The number of aliphatic carboxylic acids is 1. The highest BCUT2D eigenvalue weighted by Gasteiger charge is 2.46. The van der Waals surface area contributed by atoms with Crippen molar-refractivity contribution in [1.82, 2.24) is 26.2 Å². The summed E-state index contributed by atoms with van der Waals surface area (Å²) in [5.41, 5.74) is 4.04. The van der Waals surface area contributed by atoms with Crippen molar-refractivity contribution in [1.29, 1.82) is 0 Å². The summed E-state index contributed by atoms with van der Waals surface area (Å²) in [7, 11) is 0. The molecule has 7 amide bonds. The molecule has 0 saturated carbocycles. The fraction of sp³-hybridized carbons (Fsp3) is 0.316. The summed E-state index contributed by atoms with van der Waals surface area (Å²) in [6, 6.07) is 17.2. The second-order valence-corrected chi connectivity index (χ2v) is 12.9. The van der Waals surface area contributed by atoms with Crippen molar-refractivity contribution in [2.75, 3.05) is 26.3 Å². The number of imide groups is 2. The van der Waals surface area contributed by atoms with E-state index >= 15 is 0 Å². The Bertz CT molecular complexity index is 1990. The number of alkyl carbamates (subject to hydrolysis) is 1. The summed E-state index contributed by atoms with van der Waals surface area (Å²) in [6.45, 7) is -0.0905. The summed E-state index contributed by atoms with van der Waals surface area (Å²) in [4.78, 5) is 100. The normalized spacial score (nSPS) is 16.4. The van der Waals surface area contributed by atoms with Gasteiger partial charge >= 0.3 is 12.1 Å². The molecule has 54 heavy (non-hydrogen) atoms. The van der Waals surface area contributed by atoms with Gasteiger partial charge in [0, 0.05) is 25.4 Å². The van der Waals surface area contributed by atoms with Crippen LogP contribution in [0.15, 0.2) is 66.7 Å². The van der Waals surface area contributed by atoms with Gasteiger partial charge in [-0.05, 0) is 53.6 Å². The molecule has 2 aliphatic heterocycles. The van der Waals surface area contributed by atoms with E-state index in [1.165, 1.54) is 18.2 Å². The highest BCUT2D eigenvalue weighted by Crippen LogP contribution is 2.44. The number of piperidine rings is 1. The van der Waals surface area contributed by atoms with Crippen LogP contribution >= 0.6 is 0 Å². The van der Waals surface area contributed by atoms with Gasteiger partial charge in [-0.25, -0.2) is 9.59 Å². The number of benzene rings is 3. The van der Waals surface area contributed by atoms with E-state index in [0.717, 1.165) is 27.2 Å². The molecule has 280 valence electrons. The Labute approximate surface area is 308 Å². The molecule has 0 aromatic heterocycles. The van der Waals surface area contributed by atoms with E-state index in [9.17, 15) is 43.5 Å². The van der Waals surface area contributed by atoms with E-state index in [1.54, 1.807) is 0 Å². The first kappa shape index (κ1) is 37.2. The van der Waals surface area contributed by atoms with Crippen LogP contribution in [0.25, 0.3) is 11.1 Å². The fourth-order valence-corrected chi connectivity index (χ4v) is 6.74. The van der Waals surface area contributed by atoms with Gasteiger partial charge in [0.05, 0.1) is 17.5 Å². The van der Waals surface area contributed by atoms with Gasteiger partial charge in [0.1, 0.15) is 24.4 Å². The highest BCUT2D eigenvalue weighted by atomic mass is 16.5. The Morgan fingerprint density at radius 1 is 0.815 bits per heavy atom. The largest absolute Gasteiger partial charge is 0.483 e. The Kier molecular flexibility index (Phi) is 11.3. The van der Waals surface area contributed by atoms with Gasteiger partial charge in [0.25, 0.3) is 17.7 Å². The van der Waals surface area contributed by atoms with E-state index in [4.69, 9.17) is 9.47 Å². The molecule has 1 saturated heterocycles. The first-order valence-corrected chi connectivity index (χ1v) is 17.4. The van der Waals surface area contributed by atoms with E-state index in [0.29, 0.717) is 12.8 Å². The predicted octanol–water partition coefficient (Wildman–Crippen LogP) is 1.86. The highest BCUT2D eigenvalue weighted by molar-refractivity contribution is 6.24. The zero-order valence-electron chi connectivity index (χ0n) is 28.9. The number of carboxylic acids is 1. The van der Waals surface area contributed by atoms with Crippen LogP contribution < -0.4 is 26.0 Å². The quantitative estimate of drug-likeness (QED) is 0.112. The summed E-state index contributed by atoms with van der Waals surface area (Å²) in [5.74, 6) is -5.42. The average molecular weight is 740 g/mol. The zero-order valence-corrected chi connectivity index (χ0v) is 28.9. The number of amides is 7. The van der Waals surface area contributed by atoms with Crippen LogP contribution in [0.4, 0.5) is 4.79 Å². The molecule has 1 aliphatic carbocycles. The molecule has 1 fully saturated rings. The molecule has 5 N–H and O–H groups in total. The number of nitrogens with zero attached hydrogens (tertiary/aromatic N) is 1. The van der Waals surface area contributed by atoms with Gasteiger partial charge in [-0.1, -0.05) is 54.6 Å². The summed E-state index contributed by atoms with van der Waals surface area (Å²) >= 11 is 0. The first-order valence-electron chi connectivity index (χ1n) is 17.4. The minimum atomic E-state index is -1.51. The van der Waals surface area contributed by atoms with Gasteiger partial charge in [-0.3, -0.25) is 39.0 Å². The van der Waals surface area contributed by atoms with Crippen LogP contribution in [0.1, 0.15) is 69.9 Å². The van der Waals surface area contributed by atoms with Crippen molar-refractivity contribution >= 4 is 47.5 Å². The van der Waals surface area contributed by atoms with Crippen LogP contribution in [-0.4, -0.2) is 95.9 Å². The summed E-state index contributed by atoms with van der Waals surface area (Å²) < 4.78 is 11.0. The van der Waals surface area contributed by atoms with Crippen molar-refractivity contribution in [2.45, 2.75) is 50.1 Å². The minimum absolute atomic E-state index is 0.00211. The Morgan fingerprint density at radius 2 is 1.44 bits per heavy atom. The maximum atomic E-state index is 13.2. The standard InChI is InChI=1S/C38H37N5O11/c44-30-15-14-28(34(47)42-30)43-35(48)25-12-7-13-29(33(25)36(43)49)53-20-32(46)40-17-6-5-16-39-31(45)18-27(37(50)51)41-38(52)54-19-26-23-10-3-1-8-21(23)22-9-2-4-11-24(22)26/h1-4,7-13,26-28H,5-6,14-20H2,(H,39,45)(H,40,46)(H,41,52)(H,50,51)(H,42,44,47)/t27-,28?/m0/s1. The van der Waals surface area contributed by atoms with Gasteiger partial charge in [-0.15, -0.1) is 0 Å². The number of rotatable bonds is 15. The maximum absolute atomic E-state index is 13.2. The monoisotopic (exact) mass is 739 g/mol. The molecular weight excluding hydrogens is 702 g/mol.